The second-order valence-corrected chi connectivity index (χ2v) is 5.12. The minimum atomic E-state index is -0.383. The molecule has 2 aromatic rings. The van der Waals surface area contributed by atoms with Crippen molar-refractivity contribution in [2.75, 3.05) is 19.0 Å². The molecule has 0 aliphatic carbocycles. The van der Waals surface area contributed by atoms with Crippen molar-refractivity contribution in [1.82, 2.24) is 5.32 Å². The average Bonchev–Trinajstić information content (AvgIpc) is 2.60. The molecule has 120 valence electrons. The van der Waals surface area contributed by atoms with Gasteiger partial charge in [0, 0.05) is 5.69 Å². The van der Waals surface area contributed by atoms with E-state index in [9.17, 15) is 9.59 Å². The summed E-state index contributed by atoms with van der Waals surface area (Å²) in [4.78, 5) is 23.3. The molecule has 0 heterocycles. The van der Waals surface area contributed by atoms with E-state index in [0.717, 1.165) is 11.3 Å². The molecule has 1 atom stereocenters. The number of nitrogens with one attached hydrogen (secondary N) is 2. The van der Waals surface area contributed by atoms with Gasteiger partial charge in [-0.15, -0.1) is 0 Å². The van der Waals surface area contributed by atoms with Gasteiger partial charge in [0.2, 0.25) is 5.91 Å². The predicted molar refractivity (Wildman–Crippen MR) is 89.3 cm³/mol. The van der Waals surface area contributed by atoms with E-state index in [-0.39, 0.29) is 24.5 Å². The third-order valence-corrected chi connectivity index (χ3v) is 3.44. The molecule has 0 bridgehead atoms. The van der Waals surface area contributed by atoms with Gasteiger partial charge in [0.05, 0.1) is 25.3 Å². The summed E-state index contributed by atoms with van der Waals surface area (Å²) in [5.74, 6) is -0.482. The Morgan fingerprint density at radius 3 is 2.30 bits per heavy atom. The zero-order chi connectivity index (χ0) is 16.7. The molecule has 1 amide bonds. The van der Waals surface area contributed by atoms with Crippen molar-refractivity contribution in [1.29, 1.82) is 0 Å². The number of methoxy groups -OCH3 is 1. The quantitative estimate of drug-likeness (QED) is 0.805. The highest BCUT2D eigenvalue weighted by Gasteiger charge is 2.09. The first kappa shape index (κ1) is 16.5. The molecule has 1 unspecified atom stereocenters. The highest BCUT2D eigenvalue weighted by Crippen LogP contribution is 2.12. The van der Waals surface area contributed by atoms with Gasteiger partial charge in [-0.25, -0.2) is 4.79 Å². The Hall–Kier alpha value is -2.82. The topological polar surface area (TPSA) is 67.4 Å². The van der Waals surface area contributed by atoms with Crippen LogP contribution in [0.1, 0.15) is 28.9 Å². The third-order valence-electron chi connectivity index (χ3n) is 3.44. The number of anilines is 1. The second kappa shape index (κ2) is 7.98. The lowest BCUT2D eigenvalue weighted by molar-refractivity contribution is -0.120. The number of rotatable bonds is 6. The van der Waals surface area contributed by atoms with E-state index in [1.165, 1.54) is 7.11 Å². The van der Waals surface area contributed by atoms with Gasteiger partial charge in [0.15, 0.2) is 0 Å². The summed E-state index contributed by atoms with van der Waals surface area (Å²) in [7, 11) is 1.34. The number of esters is 1. The number of benzene rings is 2. The highest BCUT2D eigenvalue weighted by molar-refractivity contribution is 5.89. The lowest BCUT2D eigenvalue weighted by Crippen LogP contribution is -2.32. The third kappa shape index (κ3) is 4.85. The van der Waals surface area contributed by atoms with Gasteiger partial charge in [-0.05, 0) is 36.8 Å². The molecule has 5 nitrogen and oxygen atoms in total. The Morgan fingerprint density at radius 1 is 1.04 bits per heavy atom. The number of carbonyl (C=O) groups is 2. The molecule has 23 heavy (non-hydrogen) atoms. The van der Waals surface area contributed by atoms with Gasteiger partial charge in [-0.2, -0.15) is 0 Å². The number of hydrogen-bond donors (Lipinski definition) is 2. The van der Waals surface area contributed by atoms with E-state index in [1.807, 2.05) is 37.3 Å². The summed E-state index contributed by atoms with van der Waals surface area (Å²) in [6.07, 6.45) is 0. The van der Waals surface area contributed by atoms with Crippen LogP contribution in [0.2, 0.25) is 0 Å². The van der Waals surface area contributed by atoms with E-state index < -0.39 is 0 Å². The Balaban J connectivity index is 1.83. The van der Waals surface area contributed by atoms with Crippen LogP contribution in [0.4, 0.5) is 5.69 Å². The monoisotopic (exact) mass is 312 g/mol. The summed E-state index contributed by atoms with van der Waals surface area (Å²) in [5.41, 5.74) is 2.30. The van der Waals surface area contributed by atoms with Crippen LogP contribution in [0.25, 0.3) is 0 Å². The molecule has 0 saturated carbocycles. The normalized spacial score (nSPS) is 11.4. The summed E-state index contributed by atoms with van der Waals surface area (Å²) in [5, 5.41) is 5.95. The van der Waals surface area contributed by atoms with Crippen LogP contribution >= 0.6 is 0 Å². The Kier molecular flexibility index (Phi) is 5.74. The lowest BCUT2D eigenvalue weighted by Gasteiger charge is -2.15. The van der Waals surface area contributed by atoms with Gasteiger partial charge < -0.3 is 15.4 Å². The maximum absolute atomic E-state index is 12.0. The fourth-order valence-electron chi connectivity index (χ4n) is 2.14. The minimum absolute atomic E-state index is 0.0489. The van der Waals surface area contributed by atoms with E-state index in [0.29, 0.717) is 5.56 Å². The summed E-state index contributed by atoms with van der Waals surface area (Å²) in [6.45, 7) is 2.10. The van der Waals surface area contributed by atoms with Crippen LogP contribution < -0.4 is 10.6 Å². The molecule has 2 N–H and O–H groups in total. The van der Waals surface area contributed by atoms with Crippen molar-refractivity contribution in [3.8, 4) is 0 Å². The summed E-state index contributed by atoms with van der Waals surface area (Å²) >= 11 is 0. The van der Waals surface area contributed by atoms with E-state index in [4.69, 9.17) is 0 Å². The van der Waals surface area contributed by atoms with Gasteiger partial charge in [0.25, 0.3) is 0 Å². The Labute approximate surface area is 135 Å². The van der Waals surface area contributed by atoms with Crippen LogP contribution in [-0.4, -0.2) is 25.5 Å². The molecule has 0 fully saturated rings. The molecule has 0 spiro atoms. The van der Waals surface area contributed by atoms with Gasteiger partial charge >= 0.3 is 5.97 Å². The van der Waals surface area contributed by atoms with Crippen LogP contribution in [0, 0.1) is 0 Å². The first-order chi connectivity index (χ1) is 11.1. The first-order valence-electron chi connectivity index (χ1n) is 7.36. The number of hydrogen-bond acceptors (Lipinski definition) is 4. The van der Waals surface area contributed by atoms with E-state index in [2.05, 4.69) is 15.4 Å². The van der Waals surface area contributed by atoms with Crippen molar-refractivity contribution < 1.29 is 14.3 Å². The zero-order valence-electron chi connectivity index (χ0n) is 13.2. The lowest BCUT2D eigenvalue weighted by atomic mass is 10.1. The van der Waals surface area contributed by atoms with E-state index in [1.54, 1.807) is 24.3 Å². The fraction of sp³-hybridized carbons (Fsp3) is 0.222. The summed E-state index contributed by atoms with van der Waals surface area (Å²) in [6, 6.07) is 16.5. The Bertz CT molecular complexity index is 654. The van der Waals surface area contributed by atoms with Gasteiger partial charge in [-0.3, -0.25) is 4.79 Å². The molecule has 0 saturated heterocycles. The van der Waals surface area contributed by atoms with Gasteiger partial charge in [-0.1, -0.05) is 30.3 Å². The number of amides is 1. The fourth-order valence-corrected chi connectivity index (χ4v) is 2.14. The first-order valence-corrected chi connectivity index (χ1v) is 7.36. The SMILES string of the molecule is COC(=O)c1ccc(NCC(=O)NC(C)c2ccccc2)cc1. The highest BCUT2D eigenvalue weighted by atomic mass is 16.5. The van der Waals surface area contributed by atoms with Crippen LogP contribution in [-0.2, 0) is 9.53 Å². The Morgan fingerprint density at radius 2 is 1.70 bits per heavy atom. The second-order valence-electron chi connectivity index (χ2n) is 5.12. The largest absolute Gasteiger partial charge is 0.465 e. The summed E-state index contributed by atoms with van der Waals surface area (Å²) < 4.78 is 4.64. The molecule has 2 aromatic carbocycles. The number of carbonyl (C=O) groups excluding carboxylic acids is 2. The molecule has 0 aromatic heterocycles. The van der Waals surface area contributed by atoms with E-state index >= 15 is 0 Å². The smallest absolute Gasteiger partial charge is 0.337 e. The molecule has 0 aliphatic heterocycles. The average molecular weight is 312 g/mol. The standard InChI is InChI=1S/C18H20N2O3/c1-13(14-6-4-3-5-7-14)20-17(21)12-19-16-10-8-15(9-11-16)18(22)23-2/h3-11,13,19H,12H2,1-2H3,(H,20,21). The zero-order valence-corrected chi connectivity index (χ0v) is 13.2. The van der Waals surface area contributed by atoms with Gasteiger partial charge in [0.1, 0.15) is 0 Å². The molecule has 2 rings (SSSR count). The van der Waals surface area contributed by atoms with Crippen molar-refractivity contribution in [2.45, 2.75) is 13.0 Å². The van der Waals surface area contributed by atoms with Crippen molar-refractivity contribution in [3.63, 3.8) is 0 Å². The molecular formula is C18H20N2O3. The molecule has 0 radical (unpaired) electrons. The predicted octanol–water partition coefficient (Wildman–Crippen LogP) is 2.76. The van der Waals surface area contributed by atoms with Crippen LogP contribution in [0.3, 0.4) is 0 Å². The molecular weight excluding hydrogens is 292 g/mol. The molecule has 5 heteroatoms. The van der Waals surface area contributed by atoms with Crippen molar-refractivity contribution >= 4 is 17.6 Å². The maximum atomic E-state index is 12.0. The maximum Gasteiger partial charge on any atom is 0.337 e. The van der Waals surface area contributed by atoms with Crippen molar-refractivity contribution in [3.05, 3.63) is 65.7 Å². The molecule has 0 aliphatic rings. The van der Waals surface area contributed by atoms with Crippen molar-refractivity contribution in [2.24, 2.45) is 0 Å². The number of ether oxygens (including phenoxy) is 1. The minimum Gasteiger partial charge on any atom is -0.465 e. The van der Waals surface area contributed by atoms with Crippen LogP contribution in [0.15, 0.2) is 54.6 Å². The van der Waals surface area contributed by atoms with Crippen LogP contribution in [0.5, 0.6) is 0 Å².